The van der Waals surface area contributed by atoms with E-state index < -0.39 is 33.4 Å². The van der Waals surface area contributed by atoms with Crippen molar-refractivity contribution in [3.05, 3.63) is 11.4 Å². The van der Waals surface area contributed by atoms with E-state index in [0.717, 1.165) is 0 Å². The summed E-state index contributed by atoms with van der Waals surface area (Å²) in [7, 11) is 0. The molecule has 33 heavy (non-hydrogen) atoms. The maximum Gasteiger partial charge on any atom is 0.298 e. The van der Waals surface area contributed by atoms with Gasteiger partial charge in [-0.2, -0.15) is 15.4 Å². The van der Waals surface area contributed by atoms with E-state index in [1.165, 1.54) is 0 Å². The van der Waals surface area contributed by atoms with E-state index in [-0.39, 0.29) is 0 Å². The van der Waals surface area contributed by atoms with Gasteiger partial charge < -0.3 is 5.32 Å². The Kier molecular flexibility index (Phi) is 7.95. The molecule has 9 heteroatoms. The molecule has 2 heterocycles. The Morgan fingerprint density at radius 3 is 1.55 bits per heavy atom. The molecule has 0 spiro atoms. The molecular formula is C24H47N7O2+2. The Balaban J connectivity index is 1.83. The predicted octanol–water partition coefficient (Wildman–Crippen LogP) is -0.117. The van der Waals surface area contributed by atoms with E-state index >= 15 is 0 Å². The van der Waals surface area contributed by atoms with Crippen LogP contribution in [-0.4, -0.2) is 70.0 Å². The lowest BCUT2D eigenvalue weighted by Crippen LogP contribution is -3.25. The average Bonchev–Trinajstić information content (AvgIpc) is 2.68. The fraction of sp³-hybridized carbons (Fsp3) is 0.917. The summed E-state index contributed by atoms with van der Waals surface area (Å²) in [6.45, 7) is 26.6. The van der Waals surface area contributed by atoms with Crippen LogP contribution < -0.4 is 26.1 Å². The van der Waals surface area contributed by atoms with Gasteiger partial charge in [0.25, 0.3) is 5.66 Å². The first-order valence-electron chi connectivity index (χ1n) is 12.1. The highest BCUT2D eigenvalue weighted by Gasteiger charge is 2.60. The molecule has 0 unspecified atom stereocenters. The lowest BCUT2D eigenvalue weighted by Gasteiger charge is -2.50. The average molecular weight is 466 g/mol. The second kappa shape index (κ2) is 9.39. The normalized spacial score (nSPS) is 36.5. The zero-order valence-electron chi connectivity index (χ0n) is 21.9. The standard InChI is InChI=1S/C24H45N7O2/c1-19(2)14-23(18-25,15-20(3,4)30(19)32)28-12-10-27-11-13-29-24(26-9)16-21(5,6)31(33)22(7,8)17-24/h27-29,32-33H,10-17H2,1-8H3/p+2. The molecule has 2 rings (SSSR count). The fourth-order valence-corrected chi connectivity index (χ4v) is 6.65. The Morgan fingerprint density at radius 2 is 1.15 bits per heavy atom. The summed E-state index contributed by atoms with van der Waals surface area (Å²) in [4.78, 5) is 3.97. The van der Waals surface area contributed by atoms with Gasteiger partial charge in [-0.15, -0.1) is 0 Å². The van der Waals surface area contributed by atoms with Crippen molar-refractivity contribution in [1.82, 2.24) is 16.0 Å². The van der Waals surface area contributed by atoms with Crippen LogP contribution in [0.3, 0.4) is 0 Å². The third-order valence-corrected chi connectivity index (χ3v) is 7.47. The van der Waals surface area contributed by atoms with Crippen LogP contribution >= 0.6 is 0 Å². The summed E-state index contributed by atoms with van der Waals surface area (Å²) in [5, 5.41) is 42.4. The van der Waals surface area contributed by atoms with Gasteiger partial charge in [0.1, 0.15) is 27.7 Å². The summed E-state index contributed by atoms with van der Waals surface area (Å²) >= 11 is 0. The molecule has 2 saturated heterocycles. The summed E-state index contributed by atoms with van der Waals surface area (Å²) in [5.74, 6) is 0. The predicted molar refractivity (Wildman–Crippen MR) is 127 cm³/mol. The van der Waals surface area contributed by atoms with Gasteiger partial charge in [-0.3, -0.25) is 10.2 Å². The molecule has 0 aliphatic carbocycles. The molecule has 7 N–H and O–H groups in total. The van der Waals surface area contributed by atoms with Gasteiger partial charge >= 0.3 is 0 Å². The molecule has 2 aliphatic heterocycles. The highest BCUT2D eigenvalue weighted by atomic mass is 16.5. The van der Waals surface area contributed by atoms with Crippen molar-refractivity contribution in [2.24, 2.45) is 0 Å². The number of piperidine rings is 2. The maximum atomic E-state index is 10.6. The second-order valence-corrected chi connectivity index (χ2v) is 12.9. The minimum atomic E-state index is -0.679. The Hall–Kier alpha value is -1.30. The van der Waals surface area contributed by atoms with Gasteiger partial charge in [0.2, 0.25) is 0 Å². The third kappa shape index (κ3) is 6.04. The number of nitrogens with one attached hydrogen (secondary N) is 5. The summed E-state index contributed by atoms with van der Waals surface area (Å²) in [6.07, 6.45) is 2.33. The van der Waals surface area contributed by atoms with E-state index in [2.05, 4.69) is 26.9 Å². The van der Waals surface area contributed by atoms with E-state index in [1.807, 2.05) is 55.4 Å². The largest absolute Gasteiger partial charge is 0.314 e. The third-order valence-electron chi connectivity index (χ3n) is 7.47. The molecule has 0 aromatic heterocycles. The molecule has 2 aliphatic rings. The van der Waals surface area contributed by atoms with Crippen LogP contribution in [0.4, 0.5) is 0 Å². The van der Waals surface area contributed by atoms with Gasteiger partial charge in [0, 0.05) is 39.0 Å². The smallest absolute Gasteiger partial charge is 0.298 e. The molecule has 0 amide bonds. The summed E-state index contributed by atoms with van der Waals surface area (Å²) in [5.41, 5.74) is -2.98. The first-order chi connectivity index (χ1) is 15.0. The SMILES string of the molecule is [C-]#[N+]C1(NCCNCCNC2(C#N)CC(C)(C)[NH+](O)C(C)(C)C2)CC(C)(C)[NH+](O)C(C)(C)C1. The molecule has 188 valence electrons. The van der Waals surface area contributed by atoms with Gasteiger partial charge in [-0.05, 0) is 55.4 Å². The second-order valence-electron chi connectivity index (χ2n) is 12.9. The van der Waals surface area contributed by atoms with E-state index in [9.17, 15) is 15.7 Å². The Labute approximate surface area is 200 Å². The van der Waals surface area contributed by atoms with Crippen molar-refractivity contribution in [3.63, 3.8) is 0 Å². The van der Waals surface area contributed by atoms with Crippen LogP contribution in [0.2, 0.25) is 0 Å². The van der Waals surface area contributed by atoms with Gasteiger partial charge in [0.15, 0.2) is 0 Å². The van der Waals surface area contributed by atoms with E-state index in [1.54, 1.807) is 0 Å². The molecule has 0 bridgehead atoms. The minimum Gasteiger partial charge on any atom is -0.314 e. The first-order valence-corrected chi connectivity index (χ1v) is 12.1. The van der Waals surface area contributed by atoms with Crippen molar-refractivity contribution in [1.29, 1.82) is 5.26 Å². The number of rotatable bonds is 8. The molecular weight excluding hydrogens is 418 g/mol. The molecule has 0 aromatic carbocycles. The molecule has 0 radical (unpaired) electrons. The lowest BCUT2D eigenvalue weighted by molar-refractivity contribution is -1.16. The fourth-order valence-electron chi connectivity index (χ4n) is 6.65. The number of nitrogens with zero attached hydrogens (tertiary/aromatic N) is 2. The highest BCUT2D eigenvalue weighted by molar-refractivity contribution is 5.14. The van der Waals surface area contributed by atoms with E-state index in [0.29, 0.717) is 62.0 Å². The zero-order chi connectivity index (χ0) is 25.3. The van der Waals surface area contributed by atoms with Crippen LogP contribution in [-0.2, 0) is 0 Å². The van der Waals surface area contributed by atoms with Crippen molar-refractivity contribution in [2.45, 2.75) is 114 Å². The van der Waals surface area contributed by atoms with Crippen molar-refractivity contribution >= 4 is 0 Å². The van der Waals surface area contributed by atoms with Crippen LogP contribution in [0.25, 0.3) is 4.85 Å². The Bertz CT molecular complexity index is 679. The van der Waals surface area contributed by atoms with Crippen molar-refractivity contribution < 1.29 is 20.5 Å². The quantitative estimate of drug-likeness (QED) is 0.199. The van der Waals surface area contributed by atoms with Gasteiger partial charge in [-0.25, -0.2) is 22.3 Å². The lowest BCUT2D eigenvalue weighted by atomic mass is 9.71. The van der Waals surface area contributed by atoms with Gasteiger partial charge in [0.05, 0.1) is 18.9 Å². The number of nitriles is 1. The van der Waals surface area contributed by atoms with E-state index in [4.69, 9.17) is 6.57 Å². The van der Waals surface area contributed by atoms with Crippen molar-refractivity contribution in [3.8, 4) is 6.07 Å². The molecule has 0 saturated carbocycles. The number of hydrogen-bond donors (Lipinski definition) is 7. The zero-order valence-corrected chi connectivity index (χ0v) is 21.9. The van der Waals surface area contributed by atoms with Gasteiger partial charge in [-0.1, -0.05) is 0 Å². The van der Waals surface area contributed by atoms with Crippen molar-refractivity contribution in [2.75, 3.05) is 26.2 Å². The highest BCUT2D eigenvalue weighted by Crippen LogP contribution is 2.33. The van der Waals surface area contributed by atoms with Crippen LogP contribution in [0.15, 0.2) is 0 Å². The first kappa shape index (κ1) is 27.9. The molecule has 9 nitrogen and oxygen atoms in total. The number of hydroxylamine groups is 4. The maximum absolute atomic E-state index is 10.6. The topological polar surface area (TPSA) is 114 Å². The molecule has 2 fully saturated rings. The summed E-state index contributed by atoms with van der Waals surface area (Å²) < 4.78 is 0. The molecule has 0 aromatic rings. The molecule has 0 atom stereocenters. The van der Waals surface area contributed by atoms with Crippen LogP contribution in [0.5, 0.6) is 0 Å². The monoisotopic (exact) mass is 465 g/mol. The number of quaternary nitrogens is 2. The minimum absolute atomic E-state index is 0.407. The summed E-state index contributed by atoms with van der Waals surface area (Å²) in [6, 6.07) is 2.49. The van der Waals surface area contributed by atoms with Crippen LogP contribution in [0.1, 0.15) is 81.1 Å². The Morgan fingerprint density at radius 1 is 0.758 bits per heavy atom. The van der Waals surface area contributed by atoms with Crippen LogP contribution in [0, 0.1) is 17.9 Å². The number of hydrogen-bond acceptors (Lipinski definition) is 6.